The van der Waals surface area contributed by atoms with Crippen LogP contribution in [0.25, 0.3) is 10.9 Å². The summed E-state index contributed by atoms with van der Waals surface area (Å²) in [5, 5.41) is 1.25. The molecule has 0 spiro atoms. The van der Waals surface area contributed by atoms with Gasteiger partial charge >= 0.3 is 0 Å². The van der Waals surface area contributed by atoms with Gasteiger partial charge in [0, 0.05) is 23.1 Å². The van der Waals surface area contributed by atoms with Gasteiger partial charge in [0.2, 0.25) is 0 Å². The number of aryl methyl sites for hydroxylation is 1. The lowest BCUT2D eigenvalue weighted by atomic mass is 10.1. The van der Waals surface area contributed by atoms with E-state index in [1.165, 1.54) is 16.5 Å². The summed E-state index contributed by atoms with van der Waals surface area (Å²) in [7, 11) is 0. The van der Waals surface area contributed by atoms with Crippen molar-refractivity contribution in [1.82, 2.24) is 4.98 Å². The van der Waals surface area contributed by atoms with Crippen LogP contribution in [0.15, 0.2) is 24.4 Å². The van der Waals surface area contributed by atoms with Crippen LogP contribution in [0.3, 0.4) is 0 Å². The van der Waals surface area contributed by atoms with E-state index in [4.69, 9.17) is 5.73 Å². The first-order valence-corrected chi connectivity index (χ1v) is 4.51. The van der Waals surface area contributed by atoms with E-state index in [1.54, 1.807) is 0 Å². The Bertz CT molecular complexity index is 427. The first-order chi connectivity index (χ1) is 6.18. The number of hydrogen-bond acceptors (Lipinski definition) is 1. The van der Waals surface area contributed by atoms with E-state index < -0.39 is 0 Å². The van der Waals surface area contributed by atoms with Crippen LogP contribution in [0.5, 0.6) is 0 Å². The van der Waals surface area contributed by atoms with E-state index in [9.17, 15) is 0 Å². The molecule has 1 aromatic carbocycles. The molecule has 0 bridgehead atoms. The first-order valence-electron chi connectivity index (χ1n) is 4.51. The van der Waals surface area contributed by atoms with Gasteiger partial charge in [0.1, 0.15) is 0 Å². The summed E-state index contributed by atoms with van der Waals surface area (Å²) in [5.74, 6) is 0. The number of fused-ring (bicyclic) bond motifs is 1. The molecule has 2 rings (SSSR count). The van der Waals surface area contributed by atoms with E-state index >= 15 is 0 Å². The smallest absolute Gasteiger partial charge is 0.0457 e. The summed E-state index contributed by atoms with van der Waals surface area (Å²) in [6, 6.07) is 6.46. The van der Waals surface area contributed by atoms with Gasteiger partial charge in [0.05, 0.1) is 0 Å². The van der Waals surface area contributed by atoms with Crippen molar-refractivity contribution in [1.29, 1.82) is 0 Å². The van der Waals surface area contributed by atoms with Crippen LogP contribution in [0.2, 0.25) is 0 Å². The largest absolute Gasteiger partial charge is 0.361 e. The second-order valence-electron chi connectivity index (χ2n) is 3.58. The third-order valence-corrected chi connectivity index (χ3v) is 2.36. The summed E-state index contributed by atoms with van der Waals surface area (Å²) >= 11 is 0. The van der Waals surface area contributed by atoms with E-state index in [2.05, 4.69) is 30.1 Å². The topological polar surface area (TPSA) is 41.8 Å². The number of H-pyrrole nitrogens is 1. The Morgan fingerprint density at radius 1 is 1.38 bits per heavy atom. The number of hydrogen-bond donors (Lipinski definition) is 2. The van der Waals surface area contributed by atoms with Gasteiger partial charge in [-0.3, -0.25) is 0 Å². The fourth-order valence-corrected chi connectivity index (χ4v) is 1.63. The zero-order valence-corrected chi connectivity index (χ0v) is 7.96. The number of nitrogens with two attached hydrogens (primary N) is 1. The molecule has 2 heteroatoms. The predicted molar refractivity (Wildman–Crippen MR) is 55.6 cm³/mol. The maximum absolute atomic E-state index is 5.85. The first kappa shape index (κ1) is 8.32. The van der Waals surface area contributed by atoms with E-state index in [0.29, 0.717) is 0 Å². The van der Waals surface area contributed by atoms with E-state index in [1.807, 2.05) is 13.1 Å². The van der Waals surface area contributed by atoms with Crippen LogP contribution >= 0.6 is 0 Å². The molecular weight excluding hydrogens is 160 g/mol. The normalized spacial score (nSPS) is 13.5. The van der Waals surface area contributed by atoms with Crippen molar-refractivity contribution in [3.63, 3.8) is 0 Å². The molecule has 0 saturated heterocycles. The number of nitrogens with one attached hydrogen (secondary N) is 1. The lowest BCUT2D eigenvalue weighted by molar-refractivity contribution is 0.826. The van der Waals surface area contributed by atoms with Gasteiger partial charge in [-0.25, -0.2) is 0 Å². The molecule has 2 aromatic rings. The van der Waals surface area contributed by atoms with Crippen molar-refractivity contribution in [2.75, 3.05) is 0 Å². The molecule has 0 unspecified atom stereocenters. The van der Waals surface area contributed by atoms with E-state index in [0.717, 1.165) is 5.52 Å². The summed E-state index contributed by atoms with van der Waals surface area (Å²) in [5.41, 5.74) is 9.48. The zero-order chi connectivity index (χ0) is 9.42. The van der Waals surface area contributed by atoms with Crippen LogP contribution in [0.1, 0.15) is 24.1 Å². The van der Waals surface area contributed by atoms with Crippen LogP contribution < -0.4 is 5.73 Å². The maximum atomic E-state index is 5.85. The highest BCUT2D eigenvalue weighted by molar-refractivity contribution is 5.84. The Hall–Kier alpha value is -1.28. The second kappa shape index (κ2) is 2.89. The molecular formula is C11H14N2. The van der Waals surface area contributed by atoms with Gasteiger partial charge < -0.3 is 10.7 Å². The molecule has 0 aliphatic carbocycles. The number of aromatic amines is 1. The minimum absolute atomic E-state index is 0.0931. The standard InChI is InChI=1S/C11H14N2/c1-7-3-4-11-9(5-7)10(6-13-11)8(2)12/h3-6,8,13H,12H2,1-2H3/t8-/m0/s1. The van der Waals surface area contributed by atoms with Crippen molar-refractivity contribution >= 4 is 10.9 Å². The molecule has 3 N–H and O–H groups in total. The molecule has 0 aliphatic heterocycles. The number of aromatic nitrogens is 1. The lowest BCUT2D eigenvalue weighted by Crippen LogP contribution is -2.03. The molecule has 0 saturated carbocycles. The average Bonchev–Trinajstić information content (AvgIpc) is 2.46. The van der Waals surface area contributed by atoms with Gasteiger partial charge in [0.15, 0.2) is 0 Å². The van der Waals surface area contributed by atoms with Crippen LogP contribution in [0, 0.1) is 6.92 Å². The van der Waals surface area contributed by atoms with Gasteiger partial charge in [-0.05, 0) is 31.5 Å². The highest BCUT2D eigenvalue weighted by Crippen LogP contribution is 2.23. The molecule has 0 aliphatic rings. The number of benzene rings is 1. The SMILES string of the molecule is Cc1ccc2[nH]cc([C@H](C)N)c2c1. The summed E-state index contributed by atoms with van der Waals surface area (Å²) in [4.78, 5) is 3.22. The molecule has 1 atom stereocenters. The fraction of sp³-hybridized carbons (Fsp3) is 0.273. The van der Waals surface area contributed by atoms with Gasteiger partial charge in [0.25, 0.3) is 0 Å². The summed E-state index contributed by atoms with van der Waals surface area (Å²) in [6.07, 6.45) is 1.99. The Morgan fingerprint density at radius 3 is 2.85 bits per heavy atom. The molecule has 0 amide bonds. The number of rotatable bonds is 1. The molecule has 0 radical (unpaired) electrons. The summed E-state index contributed by atoms with van der Waals surface area (Å²) in [6.45, 7) is 4.10. The molecule has 1 heterocycles. The monoisotopic (exact) mass is 174 g/mol. The van der Waals surface area contributed by atoms with Gasteiger partial charge in [-0.2, -0.15) is 0 Å². The van der Waals surface area contributed by atoms with Crippen LogP contribution in [0.4, 0.5) is 0 Å². The Balaban J connectivity index is 2.71. The quantitative estimate of drug-likeness (QED) is 0.685. The predicted octanol–water partition coefficient (Wildman–Crippen LogP) is 2.50. The third kappa shape index (κ3) is 1.33. The highest BCUT2D eigenvalue weighted by atomic mass is 14.7. The van der Waals surface area contributed by atoms with Crippen molar-refractivity contribution in [2.24, 2.45) is 5.73 Å². The Labute approximate surface area is 77.8 Å². The summed E-state index contributed by atoms with van der Waals surface area (Å²) < 4.78 is 0. The minimum Gasteiger partial charge on any atom is -0.361 e. The van der Waals surface area contributed by atoms with Crippen molar-refractivity contribution in [2.45, 2.75) is 19.9 Å². The van der Waals surface area contributed by atoms with Crippen LogP contribution in [-0.2, 0) is 0 Å². The molecule has 2 nitrogen and oxygen atoms in total. The molecule has 1 aromatic heterocycles. The molecule has 0 fully saturated rings. The van der Waals surface area contributed by atoms with Gasteiger partial charge in [-0.1, -0.05) is 11.6 Å². The minimum atomic E-state index is 0.0931. The Kier molecular flexibility index (Phi) is 1.85. The zero-order valence-electron chi connectivity index (χ0n) is 7.96. The van der Waals surface area contributed by atoms with Crippen molar-refractivity contribution < 1.29 is 0 Å². The average molecular weight is 174 g/mol. The maximum Gasteiger partial charge on any atom is 0.0457 e. The molecule has 13 heavy (non-hydrogen) atoms. The van der Waals surface area contributed by atoms with Crippen LogP contribution in [-0.4, -0.2) is 4.98 Å². The fourth-order valence-electron chi connectivity index (χ4n) is 1.63. The Morgan fingerprint density at radius 2 is 2.15 bits per heavy atom. The molecule has 68 valence electrons. The van der Waals surface area contributed by atoms with Crippen molar-refractivity contribution in [3.05, 3.63) is 35.5 Å². The van der Waals surface area contributed by atoms with Gasteiger partial charge in [-0.15, -0.1) is 0 Å². The van der Waals surface area contributed by atoms with E-state index in [-0.39, 0.29) is 6.04 Å². The highest BCUT2D eigenvalue weighted by Gasteiger charge is 2.06. The van der Waals surface area contributed by atoms with Crippen molar-refractivity contribution in [3.8, 4) is 0 Å². The second-order valence-corrected chi connectivity index (χ2v) is 3.58. The third-order valence-electron chi connectivity index (χ3n) is 2.36. The lowest BCUT2D eigenvalue weighted by Gasteiger charge is -2.02.